The second-order valence-electron chi connectivity index (χ2n) is 5.20. The van der Waals surface area contributed by atoms with Gasteiger partial charge in [0.2, 0.25) is 0 Å². The molecular formula is C15H25NO2S. The van der Waals surface area contributed by atoms with E-state index in [1.54, 1.807) is 19.9 Å². The SMILES string of the molecule is CCC(CCCN)c1cccc(S(=O)(=O)C(C)C)c1. The lowest BCUT2D eigenvalue weighted by atomic mass is 9.92. The summed E-state index contributed by atoms with van der Waals surface area (Å²) >= 11 is 0. The summed E-state index contributed by atoms with van der Waals surface area (Å²) in [7, 11) is -3.19. The number of benzene rings is 1. The van der Waals surface area contributed by atoms with Gasteiger partial charge in [0.1, 0.15) is 0 Å². The Kier molecular flexibility index (Phi) is 6.01. The first-order chi connectivity index (χ1) is 8.93. The highest BCUT2D eigenvalue weighted by molar-refractivity contribution is 7.92. The standard InChI is InChI=1S/C15H25NO2S/c1-4-13(8-6-10-16)14-7-5-9-15(11-14)19(17,18)12(2)3/h5,7,9,11-13H,4,6,8,10,16H2,1-3H3. The third-order valence-electron chi connectivity index (χ3n) is 3.53. The molecule has 3 nitrogen and oxygen atoms in total. The lowest BCUT2D eigenvalue weighted by Gasteiger charge is -2.16. The van der Waals surface area contributed by atoms with Crippen molar-refractivity contribution in [2.75, 3.05) is 6.54 Å². The van der Waals surface area contributed by atoms with Crippen molar-refractivity contribution >= 4 is 9.84 Å². The van der Waals surface area contributed by atoms with Gasteiger partial charge in [0.15, 0.2) is 9.84 Å². The van der Waals surface area contributed by atoms with E-state index in [0.717, 1.165) is 24.8 Å². The Bertz CT molecular complexity index is 495. The molecule has 4 heteroatoms. The number of hydrogen-bond donors (Lipinski definition) is 1. The van der Waals surface area contributed by atoms with E-state index in [2.05, 4.69) is 6.92 Å². The molecule has 0 aliphatic carbocycles. The van der Waals surface area contributed by atoms with Crippen LogP contribution in [0.2, 0.25) is 0 Å². The van der Waals surface area contributed by atoms with Crippen LogP contribution in [-0.2, 0) is 9.84 Å². The summed E-state index contributed by atoms with van der Waals surface area (Å²) in [4.78, 5) is 0.436. The molecule has 0 saturated carbocycles. The van der Waals surface area contributed by atoms with Crippen molar-refractivity contribution in [2.45, 2.75) is 56.1 Å². The Morgan fingerprint density at radius 2 is 1.95 bits per heavy atom. The highest BCUT2D eigenvalue weighted by atomic mass is 32.2. The van der Waals surface area contributed by atoms with Crippen molar-refractivity contribution in [3.8, 4) is 0 Å². The summed E-state index contributed by atoms with van der Waals surface area (Å²) < 4.78 is 24.4. The number of sulfone groups is 1. The van der Waals surface area contributed by atoms with E-state index in [0.29, 0.717) is 17.4 Å². The third kappa shape index (κ3) is 4.05. The average molecular weight is 283 g/mol. The summed E-state index contributed by atoms with van der Waals surface area (Å²) in [6.45, 7) is 6.24. The van der Waals surface area contributed by atoms with Gasteiger partial charge >= 0.3 is 0 Å². The molecule has 19 heavy (non-hydrogen) atoms. The molecule has 0 aromatic heterocycles. The molecule has 1 atom stereocenters. The van der Waals surface area contributed by atoms with Crippen LogP contribution in [0.1, 0.15) is 51.5 Å². The normalized spacial score (nSPS) is 13.7. The summed E-state index contributed by atoms with van der Waals surface area (Å²) in [6.07, 6.45) is 2.99. The monoisotopic (exact) mass is 283 g/mol. The van der Waals surface area contributed by atoms with E-state index >= 15 is 0 Å². The van der Waals surface area contributed by atoms with Gasteiger partial charge in [0, 0.05) is 0 Å². The van der Waals surface area contributed by atoms with E-state index in [1.165, 1.54) is 0 Å². The van der Waals surface area contributed by atoms with E-state index < -0.39 is 9.84 Å². The van der Waals surface area contributed by atoms with Gasteiger partial charge < -0.3 is 5.73 Å². The zero-order valence-electron chi connectivity index (χ0n) is 12.1. The summed E-state index contributed by atoms with van der Waals surface area (Å²) in [5, 5.41) is -0.383. The Hall–Kier alpha value is -0.870. The molecule has 0 aliphatic heterocycles. The predicted molar refractivity (Wildman–Crippen MR) is 80.1 cm³/mol. The third-order valence-corrected chi connectivity index (χ3v) is 5.68. The first-order valence-electron chi connectivity index (χ1n) is 6.97. The molecule has 108 valence electrons. The lowest BCUT2D eigenvalue weighted by molar-refractivity contribution is 0.576. The van der Waals surface area contributed by atoms with Crippen molar-refractivity contribution in [1.29, 1.82) is 0 Å². The molecule has 0 aliphatic rings. The molecular weight excluding hydrogens is 258 g/mol. The molecule has 2 N–H and O–H groups in total. The van der Waals surface area contributed by atoms with Crippen molar-refractivity contribution in [3.63, 3.8) is 0 Å². The molecule has 0 heterocycles. The highest BCUT2D eigenvalue weighted by Gasteiger charge is 2.20. The minimum absolute atomic E-state index is 0.383. The lowest BCUT2D eigenvalue weighted by Crippen LogP contribution is -2.14. The van der Waals surface area contributed by atoms with Gasteiger partial charge in [-0.1, -0.05) is 19.1 Å². The molecule has 0 fully saturated rings. The predicted octanol–water partition coefficient (Wildman–Crippen LogP) is 3.10. The van der Waals surface area contributed by atoms with Crippen LogP contribution in [0.4, 0.5) is 0 Å². The molecule has 1 aromatic rings. The largest absolute Gasteiger partial charge is 0.330 e. The van der Waals surface area contributed by atoms with Crippen LogP contribution in [0, 0.1) is 0 Å². The second kappa shape index (κ2) is 7.06. The molecule has 1 unspecified atom stereocenters. The van der Waals surface area contributed by atoms with Gasteiger partial charge in [-0.05, 0) is 63.3 Å². The van der Waals surface area contributed by atoms with Crippen LogP contribution in [0.5, 0.6) is 0 Å². The minimum atomic E-state index is -3.19. The summed E-state index contributed by atoms with van der Waals surface area (Å²) in [6, 6.07) is 7.38. The summed E-state index contributed by atoms with van der Waals surface area (Å²) in [5.74, 6) is 0.394. The van der Waals surface area contributed by atoms with E-state index in [9.17, 15) is 8.42 Å². The number of hydrogen-bond acceptors (Lipinski definition) is 3. The maximum absolute atomic E-state index is 12.2. The van der Waals surface area contributed by atoms with Gasteiger partial charge in [-0.25, -0.2) is 8.42 Å². The van der Waals surface area contributed by atoms with Gasteiger partial charge in [0.25, 0.3) is 0 Å². The fourth-order valence-electron chi connectivity index (χ4n) is 2.19. The van der Waals surface area contributed by atoms with E-state index in [-0.39, 0.29) is 5.25 Å². The van der Waals surface area contributed by atoms with Crippen LogP contribution in [0.25, 0.3) is 0 Å². The van der Waals surface area contributed by atoms with Gasteiger partial charge in [-0.15, -0.1) is 0 Å². The molecule has 0 radical (unpaired) electrons. The first kappa shape index (κ1) is 16.2. The second-order valence-corrected chi connectivity index (χ2v) is 7.71. The highest BCUT2D eigenvalue weighted by Crippen LogP contribution is 2.27. The fraction of sp³-hybridized carbons (Fsp3) is 0.600. The van der Waals surface area contributed by atoms with Crippen molar-refractivity contribution in [3.05, 3.63) is 29.8 Å². The molecule has 1 rings (SSSR count). The molecule has 0 amide bonds. The Morgan fingerprint density at radius 1 is 1.26 bits per heavy atom. The van der Waals surface area contributed by atoms with E-state index in [4.69, 9.17) is 5.73 Å². The van der Waals surface area contributed by atoms with Crippen molar-refractivity contribution < 1.29 is 8.42 Å². The summed E-state index contributed by atoms with van der Waals surface area (Å²) in [5.41, 5.74) is 6.66. The maximum Gasteiger partial charge on any atom is 0.180 e. The van der Waals surface area contributed by atoms with Crippen LogP contribution in [0.3, 0.4) is 0 Å². The fourth-order valence-corrected chi connectivity index (χ4v) is 3.30. The molecule has 0 bridgehead atoms. The Balaban J connectivity index is 3.06. The first-order valence-corrected chi connectivity index (χ1v) is 8.52. The maximum atomic E-state index is 12.2. The number of nitrogens with two attached hydrogens (primary N) is 1. The van der Waals surface area contributed by atoms with Crippen molar-refractivity contribution in [1.82, 2.24) is 0 Å². The average Bonchev–Trinajstić information content (AvgIpc) is 2.40. The topological polar surface area (TPSA) is 60.2 Å². The smallest absolute Gasteiger partial charge is 0.180 e. The van der Waals surface area contributed by atoms with Crippen LogP contribution in [0.15, 0.2) is 29.2 Å². The molecule has 0 saturated heterocycles. The van der Waals surface area contributed by atoms with Gasteiger partial charge in [-0.3, -0.25) is 0 Å². The molecule has 0 spiro atoms. The Labute approximate surface area is 117 Å². The van der Waals surface area contributed by atoms with Gasteiger partial charge in [-0.2, -0.15) is 0 Å². The van der Waals surface area contributed by atoms with Crippen LogP contribution < -0.4 is 5.73 Å². The minimum Gasteiger partial charge on any atom is -0.330 e. The van der Waals surface area contributed by atoms with Crippen LogP contribution >= 0.6 is 0 Å². The van der Waals surface area contributed by atoms with Crippen molar-refractivity contribution in [2.24, 2.45) is 5.73 Å². The number of rotatable bonds is 7. The Morgan fingerprint density at radius 3 is 2.47 bits per heavy atom. The zero-order valence-corrected chi connectivity index (χ0v) is 12.9. The van der Waals surface area contributed by atoms with Crippen LogP contribution in [-0.4, -0.2) is 20.2 Å². The van der Waals surface area contributed by atoms with E-state index in [1.807, 2.05) is 18.2 Å². The van der Waals surface area contributed by atoms with Gasteiger partial charge in [0.05, 0.1) is 10.1 Å². The quantitative estimate of drug-likeness (QED) is 0.836. The zero-order chi connectivity index (χ0) is 14.5. The molecule has 1 aromatic carbocycles.